The molecule has 1 aromatic heterocycles. The Kier molecular flexibility index (Phi) is 5.80. The Hall–Kier alpha value is -3.20. The number of nitrogens with one attached hydrogen (secondary N) is 2. The zero-order chi connectivity index (χ0) is 21.0. The van der Waals surface area contributed by atoms with Crippen molar-refractivity contribution >= 4 is 43.7 Å². The van der Waals surface area contributed by atoms with Gasteiger partial charge in [0, 0.05) is 0 Å². The first-order valence-electron chi connectivity index (χ1n) is 9.08. The molecular weight excluding hydrogens is 420 g/mol. The number of sulfonamides is 1. The Bertz CT molecular complexity index is 1270. The molecule has 0 aliphatic heterocycles. The number of amides is 1. The third-order valence-electron chi connectivity index (χ3n) is 4.38. The van der Waals surface area contributed by atoms with Crippen molar-refractivity contribution in [3.05, 3.63) is 95.4 Å². The molecule has 152 valence electrons. The van der Waals surface area contributed by atoms with E-state index in [0.717, 1.165) is 27.7 Å². The lowest BCUT2D eigenvalue weighted by molar-refractivity contribution is 0.0234. The van der Waals surface area contributed by atoms with Crippen LogP contribution in [0.25, 0.3) is 10.8 Å². The van der Waals surface area contributed by atoms with Gasteiger partial charge >= 0.3 is 0 Å². The van der Waals surface area contributed by atoms with E-state index in [-0.39, 0.29) is 22.1 Å². The van der Waals surface area contributed by atoms with Crippen LogP contribution in [-0.2, 0) is 21.5 Å². The summed E-state index contributed by atoms with van der Waals surface area (Å²) < 4.78 is 28.1. The molecule has 0 atom stereocenters. The van der Waals surface area contributed by atoms with Gasteiger partial charge in [-0.15, -0.1) is 11.3 Å². The van der Waals surface area contributed by atoms with Gasteiger partial charge in [-0.25, -0.2) is 13.9 Å². The molecule has 0 aliphatic carbocycles. The fourth-order valence-electron chi connectivity index (χ4n) is 2.94. The number of rotatable bonds is 7. The summed E-state index contributed by atoms with van der Waals surface area (Å²) in [6.45, 7) is 0.191. The number of fused-ring (bicyclic) bond motifs is 1. The molecule has 1 heterocycles. The predicted molar refractivity (Wildman–Crippen MR) is 118 cm³/mol. The van der Waals surface area contributed by atoms with E-state index in [1.54, 1.807) is 23.6 Å². The van der Waals surface area contributed by atoms with Gasteiger partial charge in [0.2, 0.25) is 0 Å². The summed E-state index contributed by atoms with van der Waals surface area (Å²) in [5.41, 5.74) is 3.65. The van der Waals surface area contributed by atoms with Crippen LogP contribution in [0.1, 0.15) is 15.9 Å². The molecule has 0 saturated heterocycles. The van der Waals surface area contributed by atoms with E-state index in [0.29, 0.717) is 0 Å². The normalized spacial score (nSPS) is 11.3. The van der Waals surface area contributed by atoms with E-state index >= 15 is 0 Å². The summed E-state index contributed by atoms with van der Waals surface area (Å²) in [6.07, 6.45) is 0. The zero-order valence-corrected chi connectivity index (χ0v) is 17.4. The van der Waals surface area contributed by atoms with Crippen molar-refractivity contribution in [2.45, 2.75) is 10.8 Å². The van der Waals surface area contributed by atoms with Gasteiger partial charge in [0.05, 0.1) is 17.9 Å². The summed E-state index contributed by atoms with van der Waals surface area (Å²) in [4.78, 5) is 18.1. The van der Waals surface area contributed by atoms with Crippen LogP contribution in [0.5, 0.6) is 0 Å². The highest BCUT2D eigenvalue weighted by Crippen LogP contribution is 2.27. The highest BCUT2D eigenvalue weighted by Gasteiger charge is 2.20. The molecule has 6 nitrogen and oxygen atoms in total. The van der Waals surface area contributed by atoms with E-state index < -0.39 is 15.9 Å². The summed E-state index contributed by atoms with van der Waals surface area (Å²) in [7, 11) is -3.81. The van der Waals surface area contributed by atoms with Gasteiger partial charge in [-0.2, -0.15) is 0 Å². The molecule has 1 amide bonds. The second kappa shape index (κ2) is 8.66. The van der Waals surface area contributed by atoms with Crippen molar-refractivity contribution in [2.24, 2.45) is 0 Å². The van der Waals surface area contributed by atoms with Crippen molar-refractivity contribution in [1.82, 2.24) is 5.48 Å². The summed E-state index contributed by atoms with van der Waals surface area (Å²) >= 11 is 1.10. The molecule has 0 aliphatic rings. The summed E-state index contributed by atoms with van der Waals surface area (Å²) in [5, 5.41) is 3.30. The van der Waals surface area contributed by atoms with Gasteiger partial charge in [-0.3, -0.25) is 14.4 Å². The van der Waals surface area contributed by atoms with Crippen LogP contribution in [0.4, 0.5) is 5.69 Å². The first-order valence-corrected chi connectivity index (χ1v) is 11.4. The van der Waals surface area contributed by atoms with Gasteiger partial charge in [0.1, 0.15) is 4.21 Å². The standard InChI is InChI=1S/C22H18N2O4S2/c25-22(23-28-15-16-7-2-1-3-8-16)19-13-17-9-4-5-10-18(17)14-20(19)24-30(26,27)21-11-6-12-29-21/h1-14,24H,15H2,(H,23,25). The molecule has 0 fully saturated rings. The molecule has 4 aromatic rings. The Balaban J connectivity index is 1.62. The van der Waals surface area contributed by atoms with Crippen LogP contribution in [0, 0.1) is 0 Å². The third kappa shape index (κ3) is 4.51. The van der Waals surface area contributed by atoms with Gasteiger partial charge in [0.15, 0.2) is 0 Å². The van der Waals surface area contributed by atoms with Crippen LogP contribution in [0.2, 0.25) is 0 Å². The second-order valence-electron chi connectivity index (χ2n) is 6.49. The Morgan fingerprint density at radius 2 is 1.60 bits per heavy atom. The number of carbonyl (C=O) groups is 1. The number of hydrogen-bond donors (Lipinski definition) is 2. The fourth-order valence-corrected chi connectivity index (χ4v) is 5.00. The zero-order valence-electron chi connectivity index (χ0n) is 15.7. The maximum atomic E-state index is 12.8. The fraction of sp³-hybridized carbons (Fsp3) is 0.0455. The van der Waals surface area contributed by atoms with E-state index in [4.69, 9.17) is 4.84 Å². The quantitative estimate of drug-likeness (QED) is 0.414. The number of carbonyl (C=O) groups excluding carboxylic acids is 1. The topological polar surface area (TPSA) is 84.5 Å². The van der Waals surface area contributed by atoms with Crippen molar-refractivity contribution in [3.8, 4) is 0 Å². The van der Waals surface area contributed by atoms with E-state index in [2.05, 4.69) is 10.2 Å². The smallest absolute Gasteiger partial charge is 0.277 e. The molecule has 8 heteroatoms. The molecule has 0 spiro atoms. The van der Waals surface area contributed by atoms with Crippen LogP contribution in [0.3, 0.4) is 0 Å². The lowest BCUT2D eigenvalue weighted by Crippen LogP contribution is -2.25. The highest BCUT2D eigenvalue weighted by molar-refractivity contribution is 7.94. The molecule has 0 unspecified atom stereocenters. The first kappa shape index (κ1) is 20.1. The highest BCUT2D eigenvalue weighted by atomic mass is 32.2. The largest absolute Gasteiger partial charge is 0.278 e. The average Bonchev–Trinajstić information content (AvgIpc) is 3.30. The maximum absolute atomic E-state index is 12.8. The lowest BCUT2D eigenvalue weighted by atomic mass is 10.0. The van der Waals surface area contributed by atoms with Gasteiger partial charge in [0.25, 0.3) is 15.9 Å². The number of benzene rings is 3. The molecule has 0 radical (unpaired) electrons. The Morgan fingerprint density at radius 3 is 2.30 bits per heavy atom. The van der Waals surface area contributed by atoms with Crippen LogP contribution >= 0.6 is 11.3 Å². The van der Waals surface area contributed by atoms with Gasteiger partial charge < -0.3 is 0 Å². The first-order chi connectivity index (χ1) is 14.5. The molecule has 2 N–H and O–H groups in total. The summed E-state index contributed by atoms with van der Waals surface area (Å²) in [6, 6.07) is 23.3. The number of thiophene rings is 1. The molecular formula is C22H18N2O4S2. The molecule has 0 bridgehead atoms. The van der Waals surface area contributed by atoms with Crippen molar-refractivity contribution < 1.29 is 18.0 Å². The van der Waals surface area contributed by atoms with Crippen molar-refractivity contribution in [1.29, 1.82) is 0 Å². The molecule has 3 aromatic carbocycles. The van der Waals surface area contributed by atoms with Crippen LogP contribution in [0.15, 0.2) is 88.5 Å². The number of hydroxylamine groups is 1. The maximum Gasteiger partial charge on any atom is 0.277 e. The average molecular weight is 439 g/mol. The van der Waals surface area contributed by atoms with Crippen LogP contribution in [-0.4, -0.2) is 14.3 Å². The van der Waals surface area contributed by atoms with E-state index in [1.807, 2.05) is 54.6 Å². The SMILES string of the molecule is O=C(NOCc1ccccc1)c1cc2ccccc2cc1NS(=O)(=O)c1cccs1. The lowest BCUT2D eigenvalue weighted by Gasteiger charge is -2.14. The monoisotopic (exact) mass is 438 g/mol. The minimum Gasteiger partial charge on any atom is -0.278 e. The Morgan fingerprint density at radius 1 is 0.900 bits per heavy atom. The summed E-state index contributed by atoms with van der Waals surface area (Å²) in [5.74, 6) is -0.541. The van der Waals surface area contributed by atoms with Crippen molar-refractivity contribution in [3.63, 3.8) is 0 Å². The molecule has 30 heavy (non-hydrogen) atoms. The van der Waals surface area contributed by atoms with E-state index in [9.17, 15) is 13.2 Å². The van der Waals surface area contributed by atoms with Crippen LogP contribution < -0.4 is 10.2 Å². The predicted octanol–water partition coefficient (Wildman–Crippen LogP) is 4.56. The Labute approximate surface area is 178 Å². The minimum absolute atomic E-state index is 0.168. The van der Waals surface area contributed by atoms with Crippen molar-refractivity contribution in [2.75, 3.05) is 4.72 Å². The van der Waals surface area contributed by atoms with E-state index in [1.165, 1.54) is 6.07 Å². The number of anilines is 1. The third-order valence-corrected chi connectivity index (χ3v) is 7.14. The second-order valence-corrected chi connectivity index (χ2v) is 9.34. The molecule has 0 saturated carbocycles. The van der Waals surface area contributed by atoms with Gasteiger partial charge in [-0.1, -0.05) is 60.7 Å². The molecule has 4 rings (SSSR count). The van der Waals surface area contributed by atoms with Gasteiger partial charge in [-0.05, 0) is 39.9 Å². The minimum atomic E-state index is -3.81. The number of hydrogen-bond acceptors (Lipinski definition) is 5.